The second-order valence-corrected chi connectivity index (χ2v) is 15.6. The zero-order chi connectivity index (χ0) is 38.2. The number of benzene rings is 10. The van der Waals surface area contributed by atoms with Crippen LogP contribution in [0.25, 0.3) is 110 Å². The number of aromatic nitrogens is 1. The highest BCUT2D eigenvalue weighted by Gasteiger charge is 2.22. The summed E-state index contributed by atoms with van der Waals surface area (Å²) < 4.78 is 8.80. The van der Waals surface area contributed by atoms with Gasteiger partial charge in [0.15, 0.2) is 0 Å². The van der Waals surface area contributed by atoms with Crippen LogP contribution in [0.4, 0.5) is 0 Å². The van der Waals surface area contributed by atoms with Crippen LogP contribution in [0.2, 0.25) is 0 Å². The van der Waals surface area contributed by atoms with Crippen LogP contribution >= 0.6 is 0 Å². The van der Waals surface area contributed by atoms with Crippen molar-refractivity contribution in [2.75, 3.05) is 0 Å². The quantitative estimate of drug-likeness (QED) is 0.164. The normalized spacial score (nSPS) is 12.6. The molecule has 1 aliphatic heterocycles. The Balaban J connectivity index is 1.03. The van der Waals surface area contributed by atoms with Crippen molar-refractivity contribution in [1.29, 1.82) is 0 Å². The van der Waals surface area contributed by atoms with Crippen LogP contribution in [0, 0.1) is 0 Å². The molecule has 0 spiro atoms. The van der Waals surface area contributed by atoms with Gasteiger partial charge in [-0.05, 0) is 130 Å². The molecule has 0 saturated carbocycles. The minimum atomic E-state index is 0.491. The molecule has 0 fully saturated rings. The summed E-state index contributed by atoms with van der Waals surface area (Å²) in [5.41, 5.74) is 15.7. The summed E-state index contributed by atoms with van der Waals surface area (Å²) in [5, 5.41) is 10.2. The van der Waals surface area contributed by atoms with E-state index in [0.717, 1.165) is 0 Å². The van der Waals surface area contributed by atoms with Crippen LogP contribution in [0.15, 0.2) is 200 Å². The summed E-state index contributed by atoms with van der Waals surface area (Å²) in [6.07, 6.45) is 0. The summed E-state index contributed by atoms with van der Waals surface area (Å²) in [7, 11) is 0. The van der Waals surface area contributed by atoms with E-state index in [1.807, 2.05) is 0 Å². The Morgan fingerprint density at radius 1 is 0.310 bits per heavy atom. The van der Waals surface area contributed by atoms with Gasteiger partial charge in [0.05, 0.1) is 17.6 Å². The van der Waals surface area contributed by atoms with Crippen LogP contribution in [0.5, 0.6) is 0 Å². The molecule has 0 bridgehead atoms. The van der Waals surface area contributed by atoms with Gasteiger partial charge in [0.2, 0.25) is 0 Å². The van der Waals surface area contributed by atoms with E-state index in [1.54, 1.807) is 0 Å². The van der Waals surface area contributed by atoms with Crippen molar-refractivity contribution in [3.8, 4) is 55.6 Å². The molecule has 2 nitrogen and oxygen atoms in total. The number of rotatable bonds is 4. The highest BCUT2D eigenvalue weighted by Crippen LogP contribution is 2.44. The molecular formula is C56H37NO. The van der Waals surface area contributed by atoms with Crippen molar-refractivity contribution in [3.63, 3.8) is 0 Å². The Morgan fingerprint density at radius 2 is 0.810 bits per heavy atom. The maximum atomic E-state index is 6.42. The van der Waals surface area contributed by atoms with Crippen molar-refractivity contribution in [2.24, 2.45) is 0 Å². The first-order valence-corrected chi connectivity index (χ1v) is 20.1. The van der Waals surface area contributed by atoms with Crippen LogP contribution in [-0.2, 0) is 18.1 Å². The molecule has 272 valence electrons. The fourth-order valence-corrected chi connectivity index (χ4v) is 9.55. The largest absolute Gasteiger partial charge is 0.356 e. The van der Waals surface area contributed by atoms with Gasteiger partial charge < -0.3 is 9.30 Å². The van der Waals surface area contributed by atoms with Crippen LogP contribution in [0.3, 0.4) is 0 Å². The van der Waals surface area contributed by atoms with E-state index in [9.17, 15) is 0 Å². The minimum absolute atomic E-state index is 0.491. The molecule has 0 aliphatic carbocycles. The molecule has 0 amide bonds. The Labute approximate surface area is 336 Å². The van der Waals surface area contributed by atoms with Crippen molar-refractivity contribution in [1.82, 2.24) is 4.57 Å². The van der Waals surface area contributed by atoms with Gasteiger partial charge in [-0.1, -0.05) is 158 Å². The third kappa shape index (κ3) is 5.23. The average Bonchev–Trinajstić information content (AvgIpc) is 3.61. The van der Waals surface area contributed by atoms with Crippen LogP contribution in [0.1, 0.15) is 5.56 Å². The lowest BCUT2D eigenvalue weighted by Crippen LogP contribution is -2.07. The molecule has 10 aromatic carbocycles. The maximum Gasteiger partial charge on any atom is 0.123 e. The summed E-state index contributed by atoms with van der Waals surface area (Å²) in [6.45, 7) is 1.06. The van der Waals surface area contributed by atoms with Crippen molar-refractivity contribution in [3.05, 3.63) is 206 Å². The lowest BCUT2D eigenvalue weighted by molar-refractivity contribution is 0.0689. The molecule has 58 heavy (non-hydrogen) atoms. The number of fused-ring (bicyclic) bond motifs is 11. The minimum Gasteiger partial charge on any atom is -0.356 e. The third-order valence-electron chi connectivity index (χ3n) is 12.3. The van der Waals surface area contributed by atoms with E-state index in [0.29, 0.717) is 13.3 Å². The third-order valence-corrected chi connectivity index (χ3v) is 12.3. The van der Waals surface area contributed by atoms with E-state index in [2.05, 4.69) is 205 Å². The fraction of sp³-hybridized carbons (Fsp3) is 0.0357. The van der Waals surface area contributed by atoms with Gasteiger partial charge in [0.1, 0.15) is 6.73 Å². The lowest BCUT2D eigenvalue weighted by Gasteiger charge is -2.19. The molecule has 0 unspecified atom stereocenters. The van der Waals surface area contributed by atoms with Gasteiger partial charge in [-0.15, -0.1) is 0 Å². The topological polar surface area (TPSA) is 14.2 Å². The van der Waals surface area contributed by atoms with Gasteiger partial charge >= 0.3 is 0 Å². The van der Waals surface area contributed by atoms with Crippen LogP contribution < -0.4 is 0 Å². The predicted octanol–water partition coefficient (Wildman–Crippen LogP) is 15.1. The second kappa shape index (κ2) is 13.2. The first-order chi connectivity index (χ1) is 28.7. The van der Waals surface area contributed by atoms with E-state index >= 15 is 0 Å². The molecule has 1 aliphatic rings. The molecule has 0 saturated heterocycles. The van der Waals surface area contributed by atoms with Gasteiger partial charge in [0.25, 0.3) is 0 Å². The smallest absolute Gasteiger partial charge is 0.123 e. The molecule has 2 heterocycles. The molecular weight excluding hydrogens is 703 g/mol. The van der Waals surface area contributed by atoms with Gasteiger partial charge in [0, 0.05) is 16.3 Å². The monoisotopic (exact) mass is 739 g/mol. The molecule has 2 heteroatoms. The van der Waals surface area contributed by atoms with Crippen LogP contribution in [-0.4, -0.2) is 4.57 Å². The van der Waals surface area contributed by atoms with Crippen molar-refractivity contribution < 1.29 is 4.74 Å². The SMILES string of the molecule is c1ccc(-c2cccc(-c3cc4c5c(c3)c3cc(-c6cccc(-c7ccc8c9ccccc9c9ccccc9c8c7)c6)ccc3n5COCc3ccccc3-4)c2)cc1. The van der Waals surface area contributed by atoms with Gasteiger partial charge in [-0.3, -0.25) is 0 Å². The summed E-state index contributed by atoms with van der Waals surface area (Å²) in [5.74, 6) is 0. The van der Waals surface area contributed by atoms with E-state index in [-0.39, 0.29) is 0 Å². The van der Waals surface area contributed by atoms with E-state index < -0.39 is 0 Å². The number of hydrogen-bond donors (Lipinski definition) is 0. The van der Waals surface area contributed by atoms with Gasteiger partial charge in [-0.25, -0.2) is 0 Å². The van der Waals surface area contributed by atoms with E-state index in [4.69, 9.17) is 4.74 Å². The number of hydrogen-bond acceptors (Lipinski definition) is 1. The lowest BCUT2D eigenvalue weighted by atomic mass is 9.91. The van der Waals surface area contributed by atoms with Crippen molar-refractivity contribution >= 4 is 54.1 Å². The Hall–Kier alpha value is -7.26. The highest BCUT2D eigenvalue weighted by molar-refractivity contribution is 6.25. The molecule has 0 N–H and O–H groups in total. The van der Waals surface area contributed by atoms with Crippen molar-refractivity contribution in [2.45, 2.75) is 13.3 Å². The Bertz CT molecular complexity index is 3390. The molecule has 12 rings (SSSR count). The molecule has 0 radical (unpaired) electrons. The van der Waals surface area contributed by atoms with E-state index in [1.165, 1.54) is 115 Å². The first kappa shape index (κ1) is 32.9. The summed E-state index contributed by atoms with van der Waals surface area (Å²) >= 11 is 0. The zero-order valence-electron chi connectivity index (χ0n) is 31.8. The molecule has 1 aromatic heterocycles. The summed E-state index contributed by atoms with van der Waals surface area (Å²) in [4.78, 5) is 0. The van der Waals surface area contributed by atoms with Gasteiger partial charge in [-0.2, -0.15) is 0 Å². The average molecular weight is 740 g/mol. The second-order valence-electron chi connectivity index (χ2n) is 15.6. The number of ether oxygens (including phenoxy) is 1. The molecule has 0 atom stereocenters. The first-order valence-electron chi connectivity index (χ1n) is 20.1. The predicted molar refractivity (Wildman–Crippen MR) is 244 cm³/mol. The highest BCUT2D eigenvalue weighted by atomic mass is 16.5. The Morgan fingerprint density at radius 3 is 1.52 bits per heavy atom. The maximum absolute atomic E-state index is 6.42. The summed E-state index contributed by atoms with van der Waals surface area (Å²) in [6, 6.07) is 73.7. The fourth-order valence-electron chi connectivity index (χ4n) is 9.55. The number of nitrogens with zero attached hydrogens (tertiary/aromatic N) is 1. The standard InChI is InChI=1S/C56H37NO/c1-2-12-36(13-3-1)37-15-10-18-40(28-37)44-32-53-45-19-5-4-14-43(45)34-58-35-57-55-27-25-42(31-52(55)54(33-44)56(53)57)39-17-11-16-38(29-39)41-24-26-50-48-22-7-6-20-46(48)47-21-8-9-23-49(47)51(50)30-41/h1-33H,34-35H2. The molecule has 11 aromatic rings. The zero-order valence-corrected chi connectivity index (χ0v) is 31.8. The Kier molecular flexibility index (Phi) is 7.47.